The molecule has 130 valence electrons. The zero-order valence-electron chi connectivity index (χ0n) is 14.2. The molecule has 0 aliphatic heterocycles. The van der Waals surface area contributed by atoms with Crippen molar-refractivity contribution in [1.29, 1.82) is 0 Å². The van der Waals surface area contributed by atoms with Gasteiger partial charge in [0.15, 0.2) is 0 Å². The quantitative estimate of drug-likeness (QED) is 0.579. The second-order valence-corrected chi connectivity index (χ2v) is 5.38. The lowest BCUT2D eigenvalue weighted by Crippen LogP contribution is -2.25. The first kappa shape index (κ1) is 18.3. The fourth-order valence-corrected chi connectivity index (χ4v) is 2.09. The molecule has 0 aliphatic rings. The van der Waals surface area contributed by atoms with E-state index in [9.17, 15) is 9.59 Å². The summed E-state index contributed by atoms with van der Waals surface area (Å²) in [5, 5.41) is 5.28. The van der Waals surface area contributed by atoms with E-state index >= 15 is 0 Å². The number of hydrogen-bond donors (Lipinski definition) is 2. The summed E-state index contributed by atoms with van der Waals surface area (Å²) in [6, 6.07) is 16.0. The zero-order chi connectivity index (χ0) is 17.9. The van der Waals surface area contributed by atoms with E-state index in [2.05, 4.69) is 10.6 Å². The number of unbranched alkanes of at least 4 members (excludes halogenated alkanes) is 1. The summed E-state index contributed by atoms with van der Waals surface area (Å²) >= 11 is 0. The molecule has 0 spiro atoms. The van der Waals surface area contributed by atoms with E-state index in [1.807, 2.05) is 37.3 Å². The molecule has 0 heterocycles. The minimum absolute atomic E-state index is 0.334. The molecule has 2 rings (SSSR count). The van der Waals surface area contributed by atoms with Gasteiger partial charge in [-0.15, -0.1) is 0 Å². The summed E-state index contributed by atoms with van der Waals surface area (Å²) in [5.74, 6) is -0.441. The fraction of sp³-hybridized carbons (Fsp3) is 0.200. The number of amides is 2. The smallest absolute Gasteiger partial charge is 0.340 e. The Morgan fingerprint density at radius 1 is 1.04 bits per heavy atom. The van der Waals surface area contributed by atoms with Crippen molar-refractivity contribution in [3.05, 3.63) is 71.9 Å². The summed E-state index contributed by atoms with van der Waals surface area (Å²) in [4.78, 5) is 24.1. The van der Waals surface area contributed by atoms with Crippen molar-refractivity contribution in [2.75, 3.05) is 11.9 Å². The van der Waals surface area contributed by atoms with E-state index in [-0.39, 0.29) is 0 Å². The number of para-hydroxylation sites is 1. The SMILES string of the molecule is CCCCOC(=O)c1ccccc1NC(=O)N/C=C/c1ccccc1. The van der Waals surface area contributed by atoms with E-state index in [4.69, 9.17) is 4.74 Å². The van der Waals surface area contributed by atoms with Crippen LogP contribution in [0.5, 0.6) is 0 Å². The fourth-order valence-electron chi connectivity index (χ4n) is 2.09. The van der Waals surface area contributed by atoms with Gasteiger partial charge in [0.2, 0.25) is 0 Å². The van der Waals surface area contributed by atoms with Crippen molar-refractivity contribution < 1.29 is 14.3 Å². The number of benzene rings is 2. The topological polar surface area (TPSA) is 67.4 Å². The molecule has 2 aromatic carbocycles. The van der Waals surface area contributed by atoms with Crippen molar-refractivity contribution in [3.63, 3.8) is 0 Å². The Labute approximate surface area is 147 Å². The predicted molar refractivity (Wildman–Crippen MR) is 99.3 cm³/mol. The summed E-state index contributed by atoms with van der Waals surface area (Å²) in [7, 11) is 0. The van der Waals surface area contributed by atoms with Gasteiger partial charge in [-0.25, -0.2) is 9.59 Å². The number of rotatable bonds is 7. The molecule has 0 saturated carbocycles. The first-order chi connectivity index (χ1) is 12.2. The van der Waals surface area contributed by atoms with Crippen LogP contribution < -0.4 is 10.6 Å². The highest BCUT2D eigenvalue weighted by molar-refractivity contribution is 6.01. The third-order valence-electron chi connectivity index (χ3n) is 3.42. The van der Waals surface area contributed by atoms with Crippen LogP contribution in [0.1, 0.15) is 35.7 Å². The van der Waals surface area contributed by atoms with Gasteiger partial charge >= 0.3 is 12.0 Å². The minimum atomic E-state index is -0.441. The van der Waals surface area contributed by atoms with Crippen LogP contribution in [0.25, 0.3) is 6.08 Å². The standard InChI is InChI=1S/C20H22N2O3/c1-2-3-15-25-19(23)17-11-7-8-12-18(17)22-20(24)21-14-13-16-9-5-4-6-10-16/h4-14H,2-3,15H2,1H3,(H2,21,22,24)/b14-13+. The molecule has 0 atom stereocenters. The van der Waals surface area contributed by atoms with Crippen LogP contribution in [0.15, 0.2) is 60.8 Å². The summed E-state index contributed by atoms with van der Waals surface area (Å²) in [5.41, 5.74) is 1.72. The van der Waals surface area contributed by atoms with Crippen LogP contribution in [0, 0.1) is 0 Å². The van der Waals surface area contributed by atoms with Crippen LogP contribution in [0.3, 0.4) is 0 Å². The molecular formula is C20H22N2O3. The monoisotopic (exact) mass is 338 g/mol. The minimum Gasteiger partial charge on any atom is -0.462 e. The number of anilines is 1. The molecule has 0 unspecified atom stereocenters. The average molecular weight is 338 g/mol. The van der Waals surface area contributed by atoms with Gasteiger partial charge < -0.3 is 15.4 Å². The van der Waals surface area contributed by atoms with E-state index < -0.39 is 12.0 Å². The summed E-state index contributed by atoms with van der Waals surface area (Å²) < 4.78 is 5.21. The number of carbonyl (C=O) groups is 2. The Hall–Kier alpha value is -3.08. The summed E-state index contributed by atoms with van der Waals surface area (Å²) in [6.07, 6.45) is 5.09. The van der Waals surface area contributed by atoms with Gasteiger partial charge in [-0.05, 0) is 30.2 Å². The molecule has 0 aliphatic carbocycles. The number of esters is 1. The van der Waals surface area contributed by atoms with Gasteiger partial charge in [0, 0.05) is 6.20 Å². The van der Waals surface area contributed by atoms with Crippen molar-refractivity contribution in [2.45, 2.75) is 19.8 Å². The molecule has 5 heteroatoms. The first-order valence-electron chi connectivity index (χ1n) is 8.26. The lowest BCUT2D eigenvalue weighted by molar-refractivity contribution is 0.0501. The third-order valence-corrected chi connectivity index (χ3v) is 3.42. The second kappa shape index (κ2) is 9.93. The van der Waals surface area contributed by atoms with Gasteiger partial charge in [-0.2, -0.15) is 0 Å². The number of hydrogen-bond acceptors (Lipinski definition) is 3. The second-order valence-electron chi connectivity index (χ2n) is 5.38. The average Bonchev–Trinajstić information content (AvgIpc) is 2.63. The van der Waals surface area contributed by atoms with E-state index in [0.717, 1.165) is 18.4 Å². The van der Waals surface area contributed by atoms with Crippen LogP contribution >= 0.6 is 0 Å². The highest BCUT2D eigenvalue weighted by atomic mass is 16.5. The lowest BCUT2D eigenvalue weighted by Gasteiger charge is -2.10. The molecule has 2 aromatic rings. The van der Waals surface area contributed by atoms with Gasteiger partial charge in [0.25, 0.3) is 0 Å². The van der Waals surface area contributed by atoms with Crippen molar-refractivity contribution in [1.82, 2.24) is 5.32 Å². The maximum absolute atomic E-state index is 12.1. The van der Waals surface area contributed by atoms with E-state index in [1.54, 1.807) is 36.5 Å². The first-order valence-corrected chi connectivity index (χ1v) is 8.26. The van der Waals surface area contributed by atoms with E-state index in [0.29, 0.717) is 17.9 Å². The molecule has 0 radical (unpaired) electrons. The molecule has 0 bridgehead atoms. The number of urea groups is 1. The van der Waals surface area contributed by atoms with Gasteiger partial charge in [0.05, 0.1) is 17.9 Å². The maximum atomic E-state index is 12.1. The highest BCUT2D eigenvalue weighted by Crippen LogP contribution is 2.16. The van der Waals surface area contributed by atoms with Crippen LogP contribution in [0.2, 0.25) is 0 Å². The molecule has 2 N–H and O–H groups in total. The Bertz CT molecular complexity index is 727. The summed E-state index contributed by atoms with van der Waals surface area (Å²) in [6.45, 7) is 2.40. The maximum Gasteiger partial charge on any atom is 0.340 e. The van der Waals surface area contributed by atoms with Gasteiger partial charge in [-0.1, -0.05) is 55.8 Å². The third kappa shape index (κ3) is 6.14. The number of nitrogens with one attached hydrogen (secondary N) is 2. The van der Waals surface area contributed by atoms with Crippen LogP contribution in [0.4, 0.5) is 10.5 Å². The largest absolute Gasteiger partial charge is 0.462 e. The van der Waals surface area contributed by atoms with E-state index in [1.165, 1.54) is 0 Å². The molecule has 25 heavy (non-hydrogen) atoms. The van der Waals surface area contributed by atoms with Crippen molar-refractivity contribution in [2.24, 2.45) is 0 Å². The molecule has 5 nitrogen and oxygen atoms in total. The predicted octanol–water partition coefficient (Wildman–Crippen LogP) is 4.44. The zero-order valence-corrected chi connectivity index (χ0v) is 14.2. The van der Waals surface area contributed by atoms with Gasteiger partial charge in [0.1, 0.15) is 0 Å². The Kier molecular flexibility index (Phi) is 7.25. The lowest BCUT2D eigenvalue weighted by atomic mass is 10.2. The van der Waals surface area contributed by atoms with Crippen LogP contribution in [-0.4, -0.2) is 18.6 Å². The highest BCUT2D eigenvalue weighted by Gasteiger charge is 2.13. The molecule has 0 aromatic heterocycles. The Morgan fingerprint density at radius 2 is 1.76 bits per heavy atom. The molecular weight excluding hydrogens is 316 g/mol. The van der Waals surface area contributed by atoms with Crippen molar-refractivity contribution >= 4 is 23.8 Å². The Balaban J connectivity index is 1.94. The molecule has 0 saturated heterocycles. The molecule has 2 amide bonds. The van der Waals surface area contributed by atoms with Gasteiger partial charge in [-0.3, -0.25) is 0 Å². The number of ether oxygens (including phenoxy) is 1. The van der Waals surface area contributed by atoms with Crippen LogP contribution in [-0.2, 0) is 4.74 Å². The normalized spacial score (nSPS) is 10.4. The van der Waals surface area contributed by atoms with Crippen molar-refractivity contribution in [3.8, 4) is 0 Å². The number of carbonyl (C=O) groups excluding carboxylic acids is 2. The molecule has 0 fully saturated rings. The Morgan fingerprint density at radius 3 is 2.52 bits per heavy atom.